The number of benzene rings is 1. The van der Waals surface area contributed by atoms with Crippen molar-refractivity contribution < 1.29 is 24.1 Å². The van der Waals surface area contributed by atoms with E-state index in [0.717, 1.165) is 22.0 Å². The monoisotopic (exact) mass is 543 g/mol. The number of halogens is 1. The Bertz CT molecular complexity index is 1670. The van der Waals surface area contributed by atoms with Crippen molar-refractivity contribution in [1.29, 1.82) is 0 Å². The maximum atomic E-state index is 14.3. The molecule has 3 heterocycles. The summed E-state index contributed by atoms with van der Waals surface area (Å²) in [7, 11) is 1.36. The van der Waals surface area contributed by atoms with Crippen molar-refractivity contribution >= 4 is 27.5 Å². The molecule has 11 nitrogen and oxygen atoms in total. The van der Waals surface area contributed by atoms with Gasteiger partial charge in [0.1, 0.15) is 32.5 Å². The number of ether oxygens (including phenoxy) is 1. The maximum Gasteiger partial charge on any atom is 0.333 e. The van der Waals surface area contributed by atoms with Gasteiger partial charge in [0.05, 0.1) is 31.4 Å². The number of nitrogens with zero attached hydrogens (tertiary/aromatic N) is 5. The van der Waals surface area contributed by atoms with Crippen LogP contribution in [0.3, 0.4) is 0 Å². The summed E-state index contributed by atoms with van der Waals surface area (Å²) in [6, 6.07) is 3.62. The Labute approximate surface area is 219 Å². The number of carboxylic acid groups (broad SMARTS) is 1. The molecule has 0 fully saturated rings. The first-order valence-electron chi connectivity index (χ1n) is 11.4. The number of aryl methyl sites for hydroxylation is 1. The summed E-state index contributed by atoms with van der Waals surface area (Å²) in [5.74, 6) is -1.88. The van der Waals surface area contributed by atoms with Gasteiger partial charge in [-0.2, -0.15) is 10.2 Å². The van der Waals surface area contributed by atoms with Crippen LogP contribution in [0.4, 0.5) is 4.39 Å². The van der Waals surface area contributed by atoms with Crippen molar-refractivity contribution in [2.24, 2.45) is 0 Å². The molecule has 0 spiro atoms. The van der Waals surface area contributed by atoms with E-state index < -0.39 is 40.7 Å². The lowest BCUT2D eigenvalue weighted by Gasteiger charge is -2.31. The number of thiophene rings is 1. The van der Waals surface area contributed by atoms with Crippen LogP contribution in [-0.2, 0) is 22.5 Å². The molecule has 0 aliphatic carbocycles. The average molecular weight is 544 g/mol. The molecule has 1 unspecified atom stereocenters. The molecule has 4 aromatic rings. The van der Waals surface area contributed by atoms with Gasteiger partial charge < -0.3 is 14.9 Å². The van der Waals surface area contributed by atoms with Crippen molar-refractivity contribution in [1.82, 2.24) is 24.1 Å². The maximum absolute atomic E-state index is 14.3. The molecule has 0 aliphatic heterocycles. The van der Waals surface area contributed by atoms with E-state index in [1.165, 1.54) is 56.4 Å². The number of aliphatic hydroxyl groups is 1. The summed E-state index contributed by atoms with van der Waals surface area (Å²) in [5, 5.41) is 30.5. The molecular formula is C25H26FN5O6S. The molecule has 0 amide bonds. The molecule has 0 radical (unpaired) electrons. The fraction of sp³-hybridized carbons (Fsp3) is 0.320. The van der Waals surface area contributed by atoms with Gasteiger partial charge in [0.15, 0.2) is 0 Å². The lowest BCUT2D eigenvalue weighted by Crippen LogP contribution is -2.53. The Morgan fingerprint density at radius 3 is 2.50 bits per heavy atom. The Morgan fingerprint density at radius 1 is 1.26 bits per heavy atom. The van der Waals surface area contributed by atoms with Crippen molar-refractivity contribution in [3.8, 4) is 10.8 Å². The van der Waals surface area contributed by atoms with Gasteiger partial charge in [-0.05, 0) is 45.4 Å². The predicted molar refractivity (Wildman–Crippen MR) is 139 cm³/mol. The van der Waals surface area contributed by atoms with E-state index in [4.69, 9.17) is 4.74 Å². The molecule has 1 aromatic carbocycles. The average Bonchev–Trinajstić information content (AvgIpc) is 3.50. The van der Waals surface area contributed by atoms with Crippen LogP contribution in [-0.4, -0.2) is 47.4 Å². The first-order chi connectivity index (χ1) is 17.9. The predicted octanol–water partition coefficient (Wildman–Crippen LogP) is 2.55. The molecule has 0 saturated heterocycles. The lowest BCUT2D eigenvalue weighted by molar-refractivity contribution is -0.146. The number of rotatable bonds is 9. The molecule has 0 bridgehead atoms. The van der Waals surface area contributed by atoms with Gasteiger partial charge in [-0.3, -0.25) is 9.36 Å². The Kier molecular flexibility index (Phi) is 6.84. The molecular weight excluding hydrogens is 517 g/mol. The Hall–Kier alpha value is -4.10. The highest BCUT2D eigenvalue weighted by molar-refractivity contribution is 7.21. The van der Waals surface area contributed by atoms with E-state index in [1.807, 2.05) is 0 Å². The second kappa shape index (κ2) is 9.65. The summed E-state index contributed by atoms with van der Waals surface area (Å²) in [4.78, 5) is 41.1. The zero-order valence-electron chi connectivity index (χ0n) is 21.1. The number of hydrogen-bond donors (Lipinski definition) is 2. The van der Waals surface area contributed by atoms with Gasteiger partial charge in [0.25, 0.3) is 5.56 Å². The molecule has 200 valence electrons. The molecule has 38 heavy (non-hydrogen) atoms. The number of aromatic nitrogens is 5. The fourth-order valence-electron chi connectivity index (χ4n) is 4.38. The summed E-state index contributed by atoms with van der Waals surface area (Å²) in [6.07, 6.45) is 4.17. The van der Waals surface area contributed by atoms with E-state index in [-0.39, 0.29) is 28.0 Å². The second-order valence-corrected chi connectivity index (χ2v) is 10.3. The zero-order chi connectivity index (χ0) is 28.0. The first kappa shape index (κ1) is 26.9. The third-order valence-electron chi connectivity index (χ3n) is 6.43. The number of carboxylic acids is 1. The molecule has 1 atom stereocenters. The molecule has 0 aliphatic rings. The van der Waals surface area contributed by atoms with E-state index in [2.05, 4.69) is 16.8 Å². The molecule has 0 saturated carbocycles. The summed E-state index contributed by atoms with van der Waals surface area (Å²) in [6.45, 7) is 7.32. The largest absolute Gasteiger partial charge is 0.496 e. The SMILES string of the molecule is C=CCC(O)(Cn1c(=O)n(C(C)(C)C(=O)O)c(=O)c2c(C)c(-n3nccn3)sc21)c1cc(F)ccc1OC. The molecule has 3 aromatic heterocycles. The standard InChI is InChI=1S/C25H26FN5O6S/c1-6-9-25(36,16-12-15(26)7-8-17(16)37-5)13-29-21-18(14(2)20(38-21)31-27-10-11-28-31)19(32)30(23(29)35)24(3,4)22(33)34/h6-8,10-12,36H,1,9,13H2,2-5H3,(H,33,34). The summed E-state index contributed by atoms with van der Waals surface area (Å²) < 4.78 is 21.4. The van der Waals surface area contributed by atoms with Crippen LogP contribution in [0.25, 0.3) is 15.2 Å². The Morgan fingerprint density at radius 2 is 1.92 bits per heavy atom. The minimum absolute atomic E-state index is 0.0532. The Balaban J connectivity index is 2.11. The van der Waals surface area contributed by atoms with Gasteiger partial charge in [-0.1, -0.05) is 17.4 Å². The van der Waals surface area contributed by atoms with Gasteiger partial charge in [-0.15, -0.1) is 11.4 Å². The van der Waals surface area contributed by atoms with Crippen molar-refractivity contribution in [3.05, 3.63) is 81.0 Å². The van der Waals surface area contributed by atoms with Crippen LogP contribution >= 0.6 is 11.3 Å². The van der Waals surface area contributed by atoms with Crippen molar-refractivity contribution in [2.75, 3.05) is 7.11 Å². The number of aliphatic carboxylic acids is 1. The quantitative estimate of drug-likeness (QED) is 0.307. The van der Waals surface area contributed by atoms with E-state index in [9.17, 15) is 29.0 Å². The smallest absolute Gasteiger partial charge is 0.333 e. The van der Waals surface area contributed by atoms with Gasteiger partial charge >= 0.3 is 11.7 Å². The minimum Gasteiger partial charge on any atom is -0.496 e. The number of hydrogen-bond acceptors (Lipinski definition) is 8. The normalized spacial score (nSPS) is 13.4. The first-order valence-corrected chi connectivity index (χ1v) is 12.3. The van der Waals surface area contributed by atoms with Crippen molar-refractivity contribution in [3.63, 3.8) is 0 Å². The molecule has 4 rings (SSSR count). The topological polar surface area (TPSA) is 141 Å². The molecule has 2 N–H and O–H groups in total. The van der Waals surface area contributed by atoms with E-state index in [1.54, 1.807) is 6.92 Å². The van der Waals surface area contributed by atoms with Crippen molar-refractivity contribution in [2.45, 2.75) is 44.9 Å². The zero-order valence-corrected chi connectivity index (χ0v) is 22.0. The summed E-state index contributed by atoms with van der Waals surface area (Å²) in [5.41, 5.74) is -5.16. The number of carbonyl (C=O) groups is 1. The highest BCUT2D eigenvalue weighted by Gasteiger charge is 2.38. The van der Waals surface area contributed by atoms with Crippen LogP contribution in [0.15, 0.2) is 52.8 Å². The van der Waals surface area contributed by atoms with Crippen LogP contribution < -0.4 is 16.0 Å². The van der Waals surface area contributed by atoms with Gasteiger partial charge in [-0.25, -0.2) is 18.5 Å². The highest BCUT2D eigenvalue weighted by atomic mass is 32.1. The highest BCUT2D eigenvalue weighted by Crippen LogP contribution is 2.37. The van der Waals surface area contributed by atoms with Crippen LogP contribution in [0.2, 0.25) is 0 Å². The second-order valence-electron chi connectivity index (χ2n) is 9.27. The fourth-order valence-corrected chi connectivity index (χ4v) is 5.59. The van der Waals surface area contributed by atoms with Crippen LogP contribution in [0, 0.1) is 12.7 Å². The lowest BCUT2D eigenvalue weighted by atomic mass is 9.89. The van der Waals surface area contributed by atoms with Gasteiger partial charge in [0, 0.05) is 11.1 Å². The summed E-state index contributed by atoms with van der Waals surface area (Å²) >= 11 is 1.03. The molecule has 13 heteroatoms. The number of methoxy groups -OCH3 is 1. The third-order valence-corrected chi connectivity index (χ3v) is 7.72. The van der Waals surface area contributed by atoms with E-state index in [0.29, 0.717) is 15.1 Å². The third kappa shape index (κ3) is 4.23. The van der Waals surface area contributed by atoms with Crippen LogP contribution in [0.1, 0.15) is 31.4 Å². The van der Waals surface area contributed by atoms with Crippen LogP contribution in [0.5, 0.6) is 5.75 Å². The van der Waals surface area contributed by atoms with Gasteiger partial charge in [0.2, 0.25) is 0 Å². The van der Waals surface area contributed by atoms with E-state index >= 15 is 0 Å². The number of fused-ring (bicyclic) bond motifs is 1. The minimum atomic E-state index is -1.93.